The highest BCUT2D eigenvalue weighted by molar-refractivity contribution is 5.85. The molecule has 0 aromatic heterocycles. The van der Waals surface area contributed by atoms with Crippen LogP contribution in [-0.2, 0) is 6.18 Å². The minimum atomic E-state index is -4.47. The number of rotatable bonds is 3. The summed E-state index contributed by atoms with van der Waals surface area (Å²) in [4.78, 5) is 0. The number of β-amino-alcohol motifs (C(OH)–C–C–N with tert-alkyl or cyclic N) is 1. The van der Waals surface area contributed by atoms with Gasteiger partial charge in [-0.25, -0.2) is 0 Å². The fourth-order valence-electron chi connectivity index (χ4n) is 1.55. The maximum absolute atomic E-state index is 12.6. The predicted octanol–water partition coefficient (Wildman–Crippen LogP) is 3.13. The monoisotopic (exact) mass is 312 g/mol. The van der Waals surface area contributed by atoms with Gasteiger partial charge >= 0.3 is 6.18 Å². The first-order valence-electron chi connectivity index (χ1n) is 5.90. The van der Waals surface area contributed by atoms with Crippen LogP contribution >= 0.6 is 12.4 Å². The lowest BCUT2D eigenvalue weighted by molar-refractivity contribution is -0.137. The Labute approximate surface area is 122 Å². The SMILES string of the molecule is CC(C)(C)NCC(O)c1cc(N)cc(C(F)(F)F)c1.Cl. The highest BCUT2D eigenvalue weighted by Crippen LogP contribution is 2.32. The summed E-state index contributed by atoms with van der Waals surface area (Å²) in [6.45, 7) is 5.87. The number of hydrogen-bond acceptors (Lipinski definition) is 3. The fraction of sp³-hybridized carbons (Fsp3) is 0.538. The third kappa shape index (κ3) is 5.98. The van der Waals surface area contributed by atoms with Crippen molar-refractivity contribution < 1.29 is 18.3 Å². The number of aliphatic hydroxyl groups excluding tert-OH is 1. The lowest BCUT2D eigenvalue weighted by Gasteiger charge is -2.23. The summed E-state index contributed by atoms with van der Waals surface area (Å²) in [6, 6.07) is 3.13. The van der Waals surface area contributed by atoms with Gasteiger partial charge in [0.2, 0.25) is 0 Å². The van der Waals surface area contributed by atoms with E-state index in [0.29, 0.717) is 0 Å². The molecule has 0 aliphatic carbocycles. The summed E-state index contributed by atoms with van der Waals surface area (Å²) in [6.07, 6.45) is -5.51. The molecule has 116 valence electrons. The van der Waals surface area contributed by atoms with E-state index >= 15 is 0 Å². The number of alkyl halides is 3. The van der Waals surface area contributed by atoms with E-state index in [2.05, 4.69) is 5.32 Å². The van der Waals surface area contributed by atoms with E-state index in [0.717, 1.165) is 12.1 Å². The van der Waals surface area contributed by atoms with Gasteiger partial charge in [-0.3, -0.25) is 0 Å². The van der Waals surface area contributed by atoms with Crippen LogP contribution in [0.15, 0.2) is 18.2 Å². The van der Waals surface area contributed by atoms with E-state index in [9.17, 15) is 18.3 Å². The molecule has 0 amide bonds. The van der Waals surface area contributed by atoms with Crippen molar-refractivity contribution in [3.05, 3.63) is 29.3 Å². The van der Waals surface area contributed by atoms with E-state index in [4.69, 9.17) is 5.73 Å². The smallest absolute Gasteiger partial charge is 0.399 e. The molecular weight excluding hydrogens is 293 g/mol. The van der Waals surface area contributed by atoms with Crippen LogP contribution in [0.5, 0.6) is 0 Å². The average molecular weight is 313 g/mol. The van der Waals surface area contributed by atoms with Crippen LogP contribution in [0.25, 0.3) is 0 Å². The molecule has 1 aromatic carbocycles. The predicted molar refractivity (Wildman–Crippen MR) is 75.8 cm³/mol. The molecule has 0 saturated carbocycles. The summed E-state index contributed by atoms with van der Waals surface area (Å²) < 4.78 is 37.9. The molecule has 4 N–H and O–H groups in total. The van der Waals surface area contributed by atoms with Gasteiger partial charge in [-0.1, -0.05) is 0 Å². The minimum Gasteiger partial charge on any atom is -0.399 e. The summed E-state index contributed by atoms with van der Waals surface area (Å²) in [5.74, 6) is 0. The molecule has 7 heteroatoms. The molecular formula is C13H20ClF3N2O. The molecule has 0 spiro atoms. The van der Waals surface area contributed by atoms with Crippen molar-refractivity contribution in [2.24, 2.45) is 0 Å². The second kappa shape index (κ2) is 6.65. The standard InChI is InChI=1S/C13H19F3N2O.ClH/c1-12(2,3)18-7-11(19)8-4-9(13(14,15)16)6-10(17)5-8;/h4-6,11,18-19H,7,17H2,1-3H3;1H. The highest BCUT2D eigenvalue weighted by Gasteiger charge is 2.31. The molecule has 1 atom stereocenters. The molecule has 1 rings (SSSR count). The van der Waals surface area contributed by atoms with Crippen LogP contribution in [0.2, 0.25) is 0 Å². The van der Waals surface area contributed by atoms with Gasteiger partial charge in [0.05, 0.1) is 11.7 Å². The van der Waals surface area contributed by atoms with Gasteiger partial charge in [-0.05, 0) is 44.5 Å². The molecule has 0 aliphatic rings. The molecule has 20 heavy (non-hydrogen) atoms. The Morgan fingerprint density at radius 1 is 1.20 bits per heavy atom. The van der Waals surface area contributed by atoms with Gasteiger partial charge in [-0.2, -0.15) is 13.2 Å². The lowest BCUT2D eigenvalue weighted by Crippen LogP contribution is -2.38. The van der Waals surface area contributed by atoms with Crippen molar-refractivity contribution in [2.75, 3.05) is 12.3 Å². The van der Waals surface area contributed by atoms with Crippen LogP contribution in [0.3, 0.4) is 0 Å². The van der Waals surface area contributed by atoms with E-state index in [1.54, 1.807) is 0 Å². The van der Waals surface area contributed by atoms with Crippen LogP contribution in [0.1, 0.15) is 38.0 Å². The Balaban J connectivity index is 0.00000361. The van der Waals surface area contributed by atoms with Crippen molar-refractivity contribution in [3.8, 4) is 0 Å². The first kappa shape index (κ1) is 19.0. The third-order valence-electron chi connectivity index (χ3n) is 2.52. The Morgan fingerprint density at radius 2 is 1.75 bits per heavy atom. The van der Waals surface area contributed by atoms with Gasteiger partial charge < -0.3 is 16.2 Å². The quantitative estimate of drug-likeness (QED) is 0.752. The molecule has 1 aromatic rings. The molecule has 0 fully saturated rings. The zero-order valence-corrected chi connectivity index (χ0v) is 12.4. The molecule has 0 saturated heterocycles. The van der Waals surface area contributed by atoms with Crippen molar-refractivity contribution in [1.29, 1.82) is 0 Å². The molecule has 0 aliphatic heterocycles. The second-order valence-electron chi connectivity index (χ2n) is 5.53. The summed E-state index contributed by atoms with van der Waals surface area (Å²) in [7, 11) is 0. The first-order chi connectivity index (χ1) is 8.49. The van der Waals surface area contributed by atoms with Gasteiger partial charge in [0.25, 0.3) is 0 Å². The minimum absolute atomic E-state index is 0. The zero-order valence-electron chi connectivity index (χ0n) is 11.6. The van der Waals surface area contributed by atoms with Gasteiger partial charge in [0.1, 0.15) is 0 Å². The Hall–Kier alpha value is -0.980. The summed E-state index contributed by atoms with van der Waals surface area (Å²) >= 11 is 0. The number of nitrogen functional groups attached to an aromatic ring is 1. The average Bonchev–Trinajstić information content (AvgIpc) is 2.22. The topological polar surface area (TPSA) is 58.3 Å². The maximum atomic E-state index is 12.6. The molecule has 0 bridgehead atoms. The van der Waals surface area contributed by atoms with Crippen molar-refractivity contribution in [3.63, 3.8) is 0 Å². The van der Waals surface area contributed by atoms with Gasteiger partial charge in [0, 0.05) is 17.8 Å². The lowest BCUT2D eigenvalue weighted by atomic mass is 10.0. The fourth-order valence-corrected chi connectivity index (χ4v) is 1.55. The van der Waals surface area contributed by atoms with E-state index in [1.807, 2.05) is 20.8 Å². The molecule has 3 nitrogen and oxygen atoms in total. The summed E-state index contributed by atoms with van der Waals surface area (Å²) in [5, 5.41) is 12.9. The number of benzene rings is 1. The summed E-state index contributed by atoms with van der Waals surface area (Å²) in [5.41, 5.74) is 4.51. The van der Waals surface area contributed by atoms with E-state index in [1.165, 1.54) is 6.07 Å². The Bertz CT molecular complexity index is 444. The largest absolute Gasteiger partial charge is 0.416 e. The van der Waals surface area contributed by atoms with Crippen LogP contribution in [0.4, 0.5) is 18.9 Å². The number of anilines is 1. The van der Waals surface area contributed by atoms with Crippen molar-refractivity contribution in [2.45, 2.75) is 38.6 Å². The van der Waals surface area contributed by atoms with Crippen molar-refractivity contribution >= 4 is 18.1 Å². The normalized spacial score (nSPS) is 13.8. The molecule has 0 heterocycles. The van der Waals surface area contributed by atoms with Gasteiger partial charge in [-0.15, -0.1) is 12.4 Å². The number of hydrogen-bond donors (Lipinski definition) is 3. The Morgan fingerprint density at radius 3 is 2.20 bits per heavy atom. The maximum Gasteiger partial charge on any atom is 0.416 e. The van der Waals surface area contributed by atoms with Gasteiger partial charge in [0.15, 0.2) is 0 Å². The van der Waals surface area contributed by atoms with E-state index in [-0.39, 0.29) is 35.7 Å². The van der Waals surface area contributed by atoms with E-state index < -0.39 is 17.8 Å². The Kier molecular flexibility index (Phi) is 6.32. The number of nitrogens with two attached hydrogens (primary N) is 1. The number of halogens is 4. The molecule has 1 unspecified atom stereocenters. The van der Waals surface area contributed by atoms with Crippen LogP contribution < -0.4 is 11.1 Å². The number of aliphatic hydroxyl groups is 1. The van der Waals surface area contributed by atoms with Crippen molar-refractivity contribution in [1.82, 2.24) is 5.32 Å². The third-order valence-corrected chi connectivity index (χ3v) is 2.52. The zero-order chi connectivity index (χ0) is 14.8. The highest BCUT2D eigenvalue weighted by atomic mass is 35.5. The van der Waals surface area contributed by atoms with Crippen LogP contribution in [0, 0.1) is 0 Å². The first-order valence-corrected chi connectivity index (χ1v) is 5.90. The second-order valence-corrected chi connectivity index (χ2v) is 5.53. The molecule has 0 radical (unpaired) electrons. The van der Waals surface area contributed by atoms with Crippen LogP contribution in [-0.4, -0.2) is 17.2 Å². The number of nitrogens with one attached hydrogen (secondary N) is 1.